The molecule has 0 atom stereocenters. The number of rotatable bonds is 2. The van der Waals surface area contributed by atoms with Crippen LogP contribution in [0, 0.1) is 11.3 Å². The van der Waals surface area contributed by atoms with Crippen LogP contribution < -0.4 is 15.8 Å². The molecule has 104 valence electrons. The SMILES string of the molecule is N#Cc1ccccc1Oc1cc2c(cc1N)CCC(=O)N2. The van der Waals surface area contributed by atoms with Crippen LogP contribution in [0.4, 0.5) is 11.4 Å². The standard InChI is InChI=1S/C16H13N3O2/c17-9-11-3-1-2-4-14(11)21-15-8-13-10(7-12(15)18)5-6-16(20)19-13/h1-4,7-8H,5-6,18H2,(H,19,20). The molecular formula is C16H13N3O2. The highest BCUT2D eigenvalue weighted by Crippen LogP contribution is 2.36. The van der Waals surface area contributed by atoms with E-state index >= 15 is 0 Å². The number of carbonyl (C=O) groups is 1. The molecule has 3 N–H and O–H groups in total. The minimum Gasteiger partial charge on any atom is -0.454 e. The Morgan fingerprint density at radius 3 is 2.81 bits per heavy atom. The van der Waals surface area contributed by atoms with Gasteiger partial charge in [0.1, 0.15) is 11.8 Å². The molecule has 3 rings (SSSR count). The predicted molar refractivity (Wildman–Crippen MR) is 79.0 cm³/mol. The minimum absolute atomic E-state index is 0.0179. The maximum Gasteiger partial charge on any atom is 0.224 e. The predicted octanol–water partition coefficient (Wildman–Crippen LogP) is 2.82. The number of fused-ring (bicyclic) bond motifs is 1. The van der Waals surface area contributed by atoms with Gasteiger partial charge in [-0.15, -0.1) is 0 Å². The van der Waals surface area contributed by atoms with E-state index in [9.17, 15) is 4.79 Å². The van der Waals surface area contributed by atoms with Crippen molar-refractivity contribution in [2.24, 2.45) is 0 Å². The van der Waals surface area contributed by atoms with Crippen molar-refractivity contribution in [1.29, 1.82) is 5.26 Å². The van der Waals surface area contributed by atoms with Crippen LogP contribution >= 0.6 is 0 Å². The van der Waals surface area contributed by atoms with E-state index in [1.165, 1.54) is 0 Å². The molecule has 21 heavy (non-hydrogen) atoms. The van der Waals surface area contributed by atoms with Gasteiger partial charge in [0.15, 0.2) is 5.75 Å². The van der Waals surface area contributed by atoms with Gasteiger partial charge in [-0.3, -0.25) is 4.79 Å². The molecule has 5 heteroatoms. The fourth-order valence-corrected chi connectivity index (χ4v) is 2.28. The molecule has 1 aliphatic heterocycles. The third-order valence-electron chi connectivity index (χ3n) is 3.36. The fraction of sp³-hybridized carbons (Fsp3) is 0.125. The number of nitrogen functional groups attached to an aromatic ring is 1. The summed E-state index contributed by atoms with van der Waals surface area (Å²) in [5.74, 6) is 0.850. The maximum atomic E-state index is 11.5. The molecule has 2 aromatic carbocycles. The van der Waals surface area contributed by atoms with Gasteiger partial charge in [0.2, 0.25) is 5.91 Å². The maximum absolute atomic E-state index is 11.5. The molecule has 0 bridgehead atoms. The topological polar surface area (TPSA) is 88.1 Å². The van der Waals surface area contributed by atoms with Crippen LogP contribution in [0.2, 0.25) is 0 Å². The molecule has 0 saturated carbocycles. The molecule has 1 aliphatic rings. The second-order valence-corrected chi connectivity index (χ2v) is 4.81. The number of para-hydroxylation sites is 1. The average Bonchev–Trinajstić information content (AvgIpc) is 2.49. The van der Waals surface area contributed by atoms with Gasteiger partial charge in [-0.05, 0) is 30.2 Å². The number of nitrogens with one attached hydrogen (secondary N) is 1. The molecule has 0 saturated heterocycles. The summed E-state index contributed by atoms with van der Waals surface area (Å²) >= 11 is 0. The van der Waals surface area contributed by atoms with Crippen molar-refractivity contribution in [1.82, 2.24) is 0 Å². The van der Waals surface area contributed by atoms with Crippen LogP contribution in [0.1, 0.15) is 17.5 Å². The first-order valence-electron chi connectivity index (χ1n) is 6.56. The van der Waals surface area contributed by atoms with E-state index < -0.39 is 0 Å². The molecule has 0 fully saturated rings. The first-order chi connectivity index (χ1) is 10.2. The highest BCUT2D eigenvalue weighted by molar-refractivity contribution is 5.94. The van der Waals surface area contributed by atoms with Crippen LogP contribution in [0.3, 0.4) is 0 Å². The summed E-state index contributed by atoms with van der Waals surface area (Å²) in [5.41, 5.74) is 8.62. The summed E-state index contributed by atoms with van der Waals surface area (Å²) in [6.07, 6.45) is 1.13. The smallest absolute Gasteiger partial charge is 0.224 e. The van der Waals surface area contributed by atoms with Crippen molar-refractivity contribution >= 4 is 17.3 Å². The summed E-state index contributed by atoms with van der Waals surface area (Å²) in [5, 5.41) is 11.9. The second-order valence-electron chi connectivity index (χ2n) is 4.81. The number of nitrogens with two attached hydrogens (primary N) is 1. The van der Waals surface area contributed by atoms with Crippen LogP contribution in [-0.2, 0) is 11.2 Å². The van der Waals surface area contributed by atoms with E-state index in [4.69, 9.17) is 15.7 Å². The van der Waals surface area contributed by atoms with Gasteiger partial charge in [-0.25, -0.2) is 0 Å². The van der Waals surface area contributed by atoms with Crippen LogP contribution in [0.25, 0.3) is 0 Å². The first kappa shape index (κ1) is 13.0. The van der Waals surface area contributed by atoms with Gasteiger partial charge >= 0.3 is 0 Å². The first-order valence-corrected chi connectivity index (χ1v) is 6.56. The van der Waals surface area contributed by atoms with E-state index in [0.717, 1.165) is 5.56 Å². The van der Waals surface area contributed by atoms with E-state index in [0.29, 0.717) is 41.3 Å². The number of nitriles is 1. The number of anilines is 2. The quantitative estimate of drug-likeness (QED) is 0.827. The molecule has 1 amide bonds. The molecule has 2 aromatic rings. The normalized spacial score (nSPS) is 13.0. The molecule has 1 heterocycles. The lowest BCUT2D eigenvalue weighted by Gasteiger charge is -2.19. The highest BCUT2D eigenvalue weighted by atomic mass is 16.5. The molecular weight excluding hydrogens is 266 g/mol. The van der Waals surface area contributed by atoms with Crippen LogP contribution in [-0.4, -0.2) is 5.91 Å². The fourth-order valence-electron chi connectivity index (χ4n) is 2.28. The zero-order valence-corrected chi connectivity index (χ0v) is 11.2. The zero-order valence-electron chi connectivity index (χ0n) is 11.2. The molecule has 0 aliphatic carbocycles. The number of nitrogens with zero attached hydrogens (tertiary/aromatic N) is 1. The van der Waals surface area contributed by atoms with Crippen molar-refractivity contribution in [2.45, 2.75) is 12.8 Å². The lowest BCUT2D eigenvalue weighted by molar-refractivity contribution is -0.116. The Balaban J connectivity index is 1.98. The van der Waals surface area contributed by atoms with Crippen molar-refractivity contribution in [3.05, 3.63) is 47.5 Å². The summed E-state index contributed by atoms with van der Waals surface area (Å²) in [4.78, 5) is 11.5. The van der Waals surface area contributed by atoms with E-state index in [1.54, 1.807) is 36.4 Å². The van der Waals surface area contributed by atoms with Gasteiger partial charge in [-0.1, -0.05) is 12.1 Å². The third kappa shape index (κ3) is 2.51. The van der Waals surface area contributed by atoms with Crippen LogP contribution in [0.15, 0.2) is 36.4 Å². The summed E-state index contributed by atoms with van der Waals surface area (Å²) in [7, 11) is 0. The third-order valence-corrected chi connectivity index (χ3v) is 3.36. The molecule has 0 aromatic heterocycles. The summed E-state index contributed by atoms with van der Waals surface area (Å²) < 4.78 is 5.73. The molecule has 0 radical (unpaired) electrons. The Morgan fingerprint density at radius 2 is 2.00 bits per heavy atom. The molecule has 0 unspecified atom stereocenters. The molecule has 0 spiro atoms. The van der Waals surface area contributed by atoms with Gasteiger partial charge in [0.05, 0.1) is 11.3 Å². The number of benzene rings is 2. The van der Waals surface area contributed by atoms with Crippen molar-refractivity contribution < 1.29 is 9.53 Å². The highest BCUT2D eigenvalue weighted by Gasteiger charge is 2.18. The number of hydrogen-bond donors (Lipinski definition) is 2. The van der Waals surface area contributed by atoms with E-state index in [1.807, 2.05) is 0 Å². The van der Waals surface area contributed by atoms with Gasteiger partial charge in [0, 0.05) is 18.2 Å². The number of carbonyl (C=O) groups excluding carboxylic acids is 1. The van der Waals surface area contributed by atoms with Crippen molar-refractivity contribution in [2.75, 3.05) is 11.1 Å². The lowest BCUT2D eigenvalue weighted by atomic mass is 10.0. The van der Waals surface area contributed by atoms with Gasteiger partial charge < -0.3 is 15.8 Å². The average molecular weight is 279 g/mol. The zero-order chi connectivity index (χ0) is 14.8. The monoisotopic (exact) mass is 279 g/mol. The van der Waals surface area contributed by atoms with E-state index in [-0.39, 0.29) is 5.91 Å². The summed E-state index contributed by atoms with van der Waals surface area (Å²) in [6, 6.07) is 12.5. The van der Waals surface area contributed by atoms with Crippen molar-refractivity contribution in [3.63, 3.8) is 0 Å². The van der Waals surface area contributed by atoms with Gasteiger partial charge in [0.25, 0.3) is 0 Å². The Morgan fingerprint density at radius 1 is 1.19 bits per heavy atom. The lowest BCUT2D eigenvalue weighted by Crippen LogP contribution is -2.19. The second kappa shape index (κ2) is 5.17. The van der Waals surface area contributed by atoms with Crippen molar-refractivity contribution in [3.8, 4) is 17.6 Å². The minimum atomic E-state index is -0.0179. The summed E-state index contributed by atoms with van der Waals surface area (Å²) in [6.45, 7) is 0. The number of ether oxygens (including phenoxy) is 1. The van der Waals surface area contributed by atoms with Crippen LogP contribution in [0.5, 0.6) is 11.5 Å². The Hall–Kier alpha value is -3.00. The Labute approximate surface area is 121 Å². The molecule has 5 nitrogen and oxygen atoms in total. The largest absolute Gasteiger partial charge is 0.454 e. The number of amides is 1. The van der Waals surface area contributed by atoms with Gasteiger partial charge in [-0.2, -0.15) is 5.26 Å². The number of aryl methyl sites for hydroxylation is 1. The number of hydrogen-bond acceptors (Lipinski definition) is 4. The Bertz CT molecular complexity index is 763. The Kier molecular flexibility index (Phi) is 3.20. The van der Waals surface area contributed by atoms with E-state index in [2.05, 4.69) is 11.4 Å².